The summed E-state index contributed by atoms with van der Waals surface area (Å²) < 4.78 is 27.6. The van der Waals surface area contributed by atoms with E-state index in [4.69, 9.17) is 18.6 Å². The molecule has 0 radical (unpaired) electrons. The molecule has 2 saturated heterocycles. The first-order valence-corrected chi connectivity index (χ1v) is 16.6. The van der Waals surface area contributed by atoms with E-state index in [1.165, 1.54) is 20.7 Å². The molecule has 4 aromatic carbocycles. The van der Waals surface area contributed by atoms with E-state index in [0.717, 1.165) is 10.9 Å². The van der Waals surface area contributed by atoms with Crippen LogP contribution in [0.3, 0.4) is 0 Å². The Bertz CT molecular complexity index is 1490. The Labute approximate surface area is 245 Å². The molecule has 4 nitrogen and oxygen atoms in total. The van der Waals surface area contributed by atoms with Crippen LogP contribution < -0.4 is 31.7 Å². The highest BCUT2D eigenvalue weighted by Gasteiger charge is 2.72. The molecule has 2 unspecified atom stereocenters. The fourth-order valence-electron chi connectivity index (χ4n) is 7.38. The fourth-order valence-corrected chi connectivity index (χ4v) is 12.2. The molecule has 0 aliphatic carbocycles. The third-order valence-electron chi connectivity index (χ3n) is 10.3. The van der Waals surface area contributed by atoms with Gasteiger partial charge in [0.1, 0.15) is 11.2 Å². The summed E-state index contributed by atoms with van der Waals surface area (Å²) in [7, 11) is -3.89. The molecule has 0 saturated carbocycles. The van der Waals surface area contributed by atoms with E-state index in [0.29, 0.717) is 0 Å². The van der Waals surface area contributed by atoms with Gasteiger partial charge in [0.15, 0.2) is 8.07 Å². The number of hydrogen-bond acceptors (Lipinski definition) is 4. The summed E-state index contributed by atoms with van der Waals surface area (Å²) in [6, 6.07) is 39.7. The second-order valence-electron chi connectivity index (χ2n) is 13.0. The van der Waals surface area contributed by atoms with Gasteiger partial charge >= 0.3 is 14.2 Å². The van der Waals surface area contributed by atoms with Crippen LogP contribution in [0.5, 0.6) is 0 Å². The predicted octanol–water partition coefficient (Wildman–Crippen LogP) is 2.64. The van der Waals surface area contributed by atoms with Crippen LogP contribution in [0.1, 0.15) is 41.5 Å². The zero-order valence-corrected chi connectivity index (χ0v) is 25.7. The van der Waals surface area contributed by atoms with Crippen LogP contribution in [0, 0.1) is 0 Å². The molecule has 0 amide bonds. The van der Waals surface area contributed by atoms with Crippen LogP contribution in [-0.4, -0.2) is 44.7 Å². The lowest BCUT2D eigenvalue weighted by molar-refractivity contribution is -0.176. The molecule has 7 heteroatoms. The van der Waals surface area contributed by atoms with Gasteiger partial charge in [-0.3, -0.25) is 0 Å². The maximum absolute atomic E-state index is 7.01. The monoisotopic (exact) mass is 558 g/mol. The maximum Gasteiger partial charge on any atom is 0.494 e. The average Bonchev–Trinajstić information content (AvgIpc) is 3.39. The molecule has 206 valence electrons. The van der Waals surface area contributed by atoms with Crippen molar-refractivity contribution in [1.29, 1.82) is 0 Å². The zero-order valence-electron chi connectivity index (χ0n) is 24.7. The standard InChI is InChI=1S/C34H36B2O4Si/c1-31(2)33(5)34(6)32(3,4)38-36(40-34)26-16-14-22-30(24-26)41(27-17-9-7-10-18-27,28-19-11-8-12-20-28)29-21-13-15-25(23-29)35(37-31)39-33/h7-24H,1-6H3. The highest BCUT2D eigenvalue weighted by Crippen LogP contribution is 2.54. The normalized spacial score (nSPS) is 27.1. The van der Waals surface area contributed by atoms with Crippen LogP contribution in [0.25, 0.3) is 0 Å². The van der Waals surface area contributed by atoms with Crippen molar-refractivity contribution < 1.29 is 18.6 Å². The van der Waals surface area contributed by atoms with Crippen LogP contribution >= 0.6 is 0 Å². The largest absolute Gasteiger partial charge is 0.494 e. The van der Waals surface area contributed by atoms with Gasteiger partial charge < -0.3 is 18.6 Å². The Hall–Kier alpha value is -2.93. The third-order valence-corrected chi connectivity index (χ3v) is 15.0. The summed E-state index contributed by atoms with van der Waals surface area (Å²) in [5, 5.41) is 5.18. The molecular weight excluding hydrogens is 522 g/mol. The molecule has 8 bridgehead atoms. The smallest absolute Gasteiger partial charge is 0.399 e. The molecule has 3 aliphatic rings. The van der Waals surface area contributed by atoms with E-state index < -0.39 is 44.7 Å². The molecule has 3 aliphatic heterocycles. The number of fused-ring (bicyclic) bond motifs is 11. The average molecular weight is 558 g/mol. The van der Waals surface area contributed by atoms with Gasteiger partial charge in [-0.1, -0.05) is 109 Å². The molecule has 0 spiro atoms. The minimum Gasteiger partial charge on any atom is -0.399 e. The van der Waals surface area contributed by atoms with Gasteiger partial charge in [0.25, 0.3) is 0 Å². The second-order valence-corrected chi connectivity index (χ2v) is 16.8. The summed E-state index contributed by atoms with van der Waals surface area (Å²) in [6.07, 6.45) is 0. The Balaban J connectivity index is 1.59. The van der Waals surface area contributed by atoms with Crippen molar-refractivity contribution in [2.45, 2.75) is 63.9 Å². The minimum atomic E-state index is -2.79. The number of rotatable bonds is 2. The first-order chi connectivity index (χ1) is 19.5. The first kappa shape index (κ1) is 26.9. The number of hydrogen-bond donors (Lipinski definition) is 0. The lowest BCUT2D eigenvalue weighted by Crippen LogP contribution is -2.75. The van der Waals surface area contributed by atoms with Gasteiger partial charge in [-0.05, 0) is 73.2 Å². The molecule has 2 fully saturated rings. The van der Waals surface area contributed by atoms with E-state index in [1.807, 2.05) is 0 Å². The van der Waals surface area contributed by atoms with Crippen molar-refractivity contribution in [3.63, 3.8) is 0 Å². The molecule has 41 heavy (non-hydrogen) atoms. The molecular formula is C34H36B2O4Si. The van der Waals surface area contributed by atoms with Crippen LogP contribution in [0.15, 0.2) is 109 Å². The van der Waals surface area contributed by atoms with Crippen molar-refractivity contribution in [2.75, 3.05) is 0 Å². The lowest BCUT2D eigenvalue weighted by Gasteiger charge is -2.52. The summed E-state index contributed by atoms with van der Waals surface area (Å²) in [5.41, 5.74) is -0.907. The molecule has 7 rings (SSSR count). The topological polar surface area (TPSA) is 36.9 Å². The van der Waals surface area contributed by atoms with Crippen molar-refractivity contribution >= 4 is 54.0 Å². The van der Waals surface area contributed by atoms with Crippen LogP contribution in [0.4, 0.5) is 0 Å². The summed E-state index contributed by atoms with van der Waals surface area (Å²) in [6.45, 7) is 12.7. The Morgan fingerprint density at radius 1 is 0.439 bits per heavy atom. The molecule has 2 atom stereocenters. The van der Waals surface area contributed by atoms with Crippen molar-refractivity contribution in [1.82, 2.24) is 0 Å². The summed E-state index contributed by atoms with van der Waals surface area (Å²) >= 11 is 0. The molecule has 0 N–H and O–H groups in total. The van der Waals surface area contributed by atoms with Gasteiger partial charge in [0.05, 0.1) is 11.2 Å². The van der Waals surface area contributed by atoms with Crippen molar-refractivity contribution in [3.8, 4) is 0 Å². The Morgan fingerprint density at radius 2 is 0.805 bits per heavy atom. The molecule has 4 aromatic rings. The van der Waals surface area contributed by atoms with Gasteiger partial charge in [0.2, 0.25) is 0 Å². The van der Waals surface area contributed by atoms with Crippen molar-refractivity contribution in [2.24, 2.45) is 0 Å². The third kappa shape index (κ3) is 3.63. The van der Waals surface area contributed by atoms with Gasteiger partial charge in [-0.25, -0.2) is 0 Å². The Morgan fingerprint density at radius 3 is 1.20 bits per heavy atom. The molecule has 3 heterocycles. The van der Waals surface area contributed by atoms with Crippen molar-refractivity contribution in [3.05, 3.63) is 109 Å². The number of benzene rings is 4. The first-order valence-electron chi connectivity index (χ1n) is 14.6. The maximum atomic E-state index is 7.01. The van der Waals surface area contributed by atoms with Gasteiger partial charge in [0, 0.05) is 0 Å². The fraction of sp³-hybridized carbons (Fsp3) is 0.294. The van der Waals surface area contributed by atoms with Gasteiger partial charge in [-0.2, -0.15) is 0 Å². The lowest BCUT2D eigenvalue weighted by atomic mass is 9.67. The van der Waals surface area contributed by atoms with Gasteiger partial charge in [-0.15, -0.1) is 0 Å². The summed E-state index contributed by atoms with van der Waals surface area (Å²) in [4.78, 5) is 0. The minimum absolute atomic E-state index is 0.549. The summed E-state index contributed by atoms with van der Waals surface area (Å²) in [5.74, 6) is 0. The second kappa shape index (κ2) is 9.03. The molecule has 0 aromatic heterocycles. The highest BCUT2D eigenvalue weighted by atomic mass is 28.3. The quantitative estimate of drug-likeness (QED) is 0.355. The Kier molecular flexibility index (Phi) is 5.93. The van der Waals surface area contributed by atoms with E-state index in [2.05, 4.69) is 151 Å². The van der Waals surface area contributed by atoms with E-state index >= 15 is 0 Å². The van der Waals surface area contributed by atoms with E-state index in [9.17, 15) is 0 Å². The SMILES string of the molecule is CC1(C)OB2OC1(C)C1(C)OB(OC1(C)C)c1cccc(c1)[Si](c1ccccc1)(c1ccccc1)c1cccc2c1. The van der Waals surface area contributed by atoms with E-state index in [1.54, 1.807) is 0 Å². The zero-order chi connectivity index (χ0) is 28.7. The van der Waals surface area contributed by atoms with E-state index in [-0.39, 0.29) is 0 Å². The van der Waals surface area contributed by atoms with Crippen LogP contribution in [0.2, 0.25) is 0 Å². The van der Waals surface area contributed by atoms with Crippen LogP contribution in [-0.2, 0) is 18.6 Å². The predicted molar refractivity (Wildman–Crippen MR) is 170 cm³/mol. The highest BCUT2D eigenvalue weighted by molar-refractivity contribution is 7.20.